The first-order valence-corrected chi connectivity index (χ1v) is 5.62. The van der Waals surface area contributed by atoms with Crippen LogP contribution in [-0.2, 0) is 9.59 Å². The van der Waals surface area contributed by atoms with E-state index >= 15 is 0 Å². The monoisotopic (exact) mass is 212 g/mol. The van der Waals surface area contributed by atoms with Gasteiger partial charge in [0.05, 0.1) is 6.54 Å². The summed E-state index contributed by atoms with van der Waals surface area (Å²) in [6, 6.07) is 0.268. The summed E-state index contributed by atoms with van der Waals surface area (Å²) in [5, 5.41) is 2.83. The van der Waals surface area contributed by atoms with Crippen molar-refractivity contribution in [3.05, 3.63) is 0 Å². The van der Waals surface area contributed by atoms with Crippen LogP contribution in [0.3, 0.4) is 0 Å². The third-order valence-electron chi connectivity index (χ3n) is 2.81. The Hall–Kier alpha value is -0.900. The van der Waals surface area contributed by atoms with Crippen molar-refractivity contribution in [3.8, 4) is 0 Å². The molecule has 1 saturated carbocycles. The van der Waals surface area contributed by atoms with Gasteiger partial charge in [0, 0.05) is 25.4 Å². The molecule has 4 heteroatoms. The van der Waals surface area contributed by atoms with Crippen LogP contribution in [0.1, 0.15) is 32.6 Å². The van der Waals surface area contributed by atoms with Gasteiger partial charge in [-0.1, -0.05) is 6.92 Å². The maximum atomic E-state index is 11.4. The van der Waals surface area contributed by atoms with E-state index in [9.17, 15) is 9.59 Å². The molecule has 0 radical (unpaired) electrons. The summed E-state index contributed by atoms with van der Waals surface area (Å²) in [6.07, 6.45) is 3.14. The molecule has 1 aliphatic rings. The molecule has 0 aromatic rings. The summed E-state index contributed by atoms with van der Waals surface area (Å²) >= 11 is 0. The summed E-state index contributed by atoms with van der Waals surface area (Å²) in [5.41, 5.74) is 0. The average molecular weight is 212 g/mol. The van der Waals surface area contributed by atoms with Crippen LogP contribution in [0.15, 0.2) is 0 Å². The minimum atomic E-state index is 0.0544. The van der Waals surface area contributed by atoms with Crippen LogP contribution in [-0.4, -0.2) is 42.8 Å². The van der Waals surface area contributed by atoms with E-state index in [1.54, 1.807) is 0 Å². The van der Waals surface area contributed by atoms with Crippen molar-refractivity contribution in [1.29, 1.82) is 0 Å². The molecule has 1 N–H and O–H groups in total. The van der Waals surface area contributed by atoms with E-state index in [2.05, 4.69) is 5.32 Å². The lowest BCUT2D eigenvalue weighted by Crippen LogP contribution is -2.39. The fourth-order valence-electron chi connectivity index (χ4n) is 1.85. The van der Waals surface area contributed by atoms with E-state index in [0.717, 1.165) is 19.4 Å². The Morgan fingerprint density at radius 1 is 1.60 bits per heavy atom. The Morgan fingerprint density at radius 3 is 2.87 bits per heavy atom. The second-order valence-electron chi connectivity index (χ2n) is 4.20. The maximum Gasteiger partial charge on any atom is 0.234 e. The number of Topliss-reactive ketones (excluding diaryl/α,β-unsaturated/α-hetero) is 1. The van der Waals surface area contributed by atoms with Crippen molar-refractivity contribution >= 4 is 11.7 Å². The third-order valence-corrected chi connectivity index (χ3v) is 2.81. The number of hydrogen-bond donors (Lipinski definition) is 1. The molecule has 15 heavy (non-hydrogen) atoms. The lowest BCUT2D eigenvalue weighted by molar-refractivity contribution is -0.123. The predicted octanol–water partition coefficient (Wildman–Crippen LogP) is 0.566. The van der Waals surface area contributed by atoms with E-state index in [-0.39, 0.29) is 11.9 Å². The van der Waals surface area contributed by atoms with Crippen LogP contribution in [0.25, 0.3) is 0 Å². The Labute approximate surface area is 91.0 Å². The van der Waals surface area contributed by atoms with Gasteiger partial charge in [-0.25, -0.2) is 0 Å². The summed E-state index contributed by atoms with van der Waals surface area (Å²) in [6.45, 7) is 3.16. The molecule has 1 unspecified atom stereocenters. The number of carbonyl (C=O) groups excluding carboxylic acids is 2. The van der Waals surface area contributed by atoms with Gasteiger partial charge in [0.25, 0.3) is 0 Å². The van der Waals surface area contributed by atoms with E-state index in [4.69, 9.17) is 0 Å². The van der Waals surface area contributed by atoms with Crippen molar-refractivity contribution in [1.82, 2.24) is 10.2 Å². The molecule has 4 nitrogen and oxygen atoms in total. The Bertz CT molecular complexity index is 241. The van der Waals surface area contributed by atoms with Crippen molar-refractivity contribution in [3.63, 3.8) is 0 Å². The van der Waals surface area contributed by atoms with E-state index < -0.39 is 0 Å². The first kappa shape index (κ1) is 12.2. The molecule has 1 fully saturated rings. The highest BCUT2D eigenvalue weighted by Crippen LogP contribution is 2.19. The van der Waals surface area contributed by atoms with Crippen molar-refractivity contribution in [2.75, 3.05) is 20.1 Å². The molecule has 0 aromatic carbocycles. The molecule has 0 spiro atoms. The zero-order valence-electron chi connectivity index (χ0n) is 9.58. The summed E-state index contributed by atoms with van der Waals surface area (Å²) < 4.78 is 0. The summed E-state index contributed by atoms with van der Waals surface area (Å²) in [4.78, 5) is 24.5. The van der Waals surface area contributed by atoms with Gasteiger partial charge in [0.1, 0.15) is 5.78 Å². The molecule has 0 heterocycles. The van der Waals surface area contributed by atoms with Crippen LogP contribution in [0.2, 0.25) is 0 Å². The average Bonchev–Trinajstić information content (AvgIpc) is 2.61. The maximum absolute atomic E-state index is 11.4. The van der Waals surface area contributed by atoms with Crippen LogP contribution >= 0.6 is 0 Å². The molecular formula is C11H20N2O2. The molecule has 1 atom stereocenters. The highest BCUT2D eigenvalue weighted by molar-refractivity contribution is 5.81. The highest BCUT2D eigenvalue weighted by Gasteiger charge is 2.26. The van der Waals surface area contributed by atoms with Crippen molar-refractivity contribution in [2.45, 2.75) is 38.6 Å². The second-order valence-corrected chi connectivity index (χ2v) is 4.20. The first-order chi connectivity index (χ1) is 7.13. The molecule has 86 valence electrons. The quantitative estimate of drug-likeness (QED) is 0.724. The number of likely N-dealkylation sites (N-methyl/N-ethyl adjacent to an activating group) is 1. The van der Waals surface area contributed by atoms with Gasteiger partial charge in [0.2, 0.25) is 5.91 Å². The largest absolute Gasteiger partial charge is 0.355 e. The standard InChI is InChI=1S/C11H20N2O2/c1-3-6-12-11(15)8-13(2)9-4-5-10(14)7-9/h9H,3-8H2,1-2H3,(H,12,15). The molecular weight excluding hydrogens is 192 g/mol. The first-order valence-electron chi connectivity index (χ1n) is 5.62. The van der Waals surface area contributed by atoms with Gasteiger partial charge in [-0.3, -0.25) is 14.5 Å². The zero-order valence-corrected chi connectivity index (χ0v) is 9.58. The Balaban J connectivity index is 2.25. The van der Waals surface area contributed by atoms with Crippen LogP contribution in [0.4, 0.5) is 0 Å². The van der Waals surface area contributed by atoms with Crippen molar-refractivity contribution in [2.24, 2.45) is 0 Å². The Morgan fingerprint density at radius 2 is 2.33 bits per heavy atom. The van der Waals surface area contributed by atoms with Gasteiger partial charge < -0.3 is 5.32 Å². The normalized spacial score (nSPS) is 21.0. The number of rotatable bonds is 5. The van der Waals surface area contributed by atoms with Crippen LogP contribution < -0.4 is 5.32 Å². The van der Waals surface area contributed by atoms with Gasteiger partial charge in [-0.2, -0.15) is 0 Å². The van der Waals surface area contributed by atoms with Crippen LogP contribution in [0, 0.1) is 0 Å². The minimum Gasteiger partial charge on any atom is -0.355 e. The second kappa shape index (κ2) is 5.85. The number of hydrogen-bond acceptors (Lipinski definition) is 3. The van der Waals surface area contributed by atoms with Gasteiger partial charge in [-0.15, -0.1) is 0 Å². The number of amides is 1. The fraction of sp³-hybridized carbons (Fsp3) is 0.818. The Kier molecular flexibility index (Phi) is 4.75. The molecule has 0 bridgehead atoms. The van der Waals surface area contributed by atoms with E-state index in [1.165, 1.54) is 0 Å². The SMILES string of the molecule is CCCNC(=O)CN(C)C1CCC(=O)C1. The summed E-state index contributed by atoms with van der Waals surface area (Å²) in [5.74, 6) is 0.375. The highest BCUT2D eigenvalue weighted by atomic mass is 16.2. The lowest BCUT2D eigenvalue weighted by Gasteiger charge is -2.22. The lowest BCUT2D eigenvalue weighted by atomic mass is 10.2. The molecule has 1 aliphatic carbocycles. The molecule has 0 aromatic heterocycles. The van der Waals surface area contributed by atoms with Gasteiger partial charge >= 0.3 is 0 Å². The van der Waals surface area contributed by atoms with Gasteiger partial charge in [-0.05, 0) is 19.9 Å². The summed E-state index contributed by atoms with van der Waals surface area (Å²) in [7, 11) is 1.91. The predicted molar refractivity (Wildman–Crippen MR) is 58.6 cm³/mol. The van der Waals surface area contributed by atoms with Crippen LogP contribution in [0.5, 0.6) is 0 Å². The number of nitrogens with zero attached hydrogens (tertiary/aromatic N) is 1. The fourth-order valence-corrected chi connectivity index (χ4v) is 1.85. The van der Waals surface area contributed by atoms with E-state index in [0.29, 0.717) is 25.2 Å². The molecule has 1 amide bonds. The smallest absolute Gasteiger partial charge is 0.234 e. The topological polar surface area (TPSA) is 49.4 Å². The van der Waals surface area contributed by atoms with Crippen molar-refractivity contribution < 1.29 is 9.59 Å². The zero-order chi connectivity index (χ0) is 11.3. The number of carbonyl (C=O) groups is 2. The molecule has 1 rings (SSSR count). The number of ketones is 1. The molecule has 0 aliphatic heterocycles. The third kappa shape index (κ3) is 4.00. The van der Waals surface area contributed by atoms with Gasteiger partial charge in [0.15, 0.2) is 0 Å². The number of nitrogens with one attached hydrogen (secondary N) is 1. The van der Waals surface area contributed by atoms with E-state index in [1.807, 2.05) is 18.9 Å². The molecule has 0 saturated heterocycles. The minimum absolute atomic E-state index is 0.0544.